The molecule has 0 bridgehead atoms. The van der Waals surface area contributed by atoms with Crippen molar-refractivity contribution >= 4 is 26.5 Å². The van der Waals surface area contributed by atoms with E-state index in [-0.39, 0.29) is 16.0 Å². The molecule has 0 radical (unpaired) electrons. The van der Waals surface area contributed by atoms with Crippen LogP contribution in [-0.2, 0) is 16.6 Å². The molecule has 0 aliphatic carbocycles. The van der Waals surface area contributed by atoms with Crippen LogP contribution in [0.3, 0.4) is 0 Å². The number of rotatable bonds is 4. The van der Waals surface area contributed by atoms with Crippen molar-refractivity contribution in [2.45, 2.75) is 17.8 Å². The van der Waals surface area contributed by atoms with Crippen molar-refractivity contribution in [3.63, 3.8) is 0 Å². The van der Waals surface area contributed by atoms with E-state index in [9.17, 15) is 8.42 Å². The van der Waals surface area contributed by atoms with Crippen molar-refractivity contribution in [1.29, 1.82) is 0 Å². The minimum Gasteiger partial charge on any atom is -0.374 e. The Hall–Kier alpha value is -1.58. The van der Waals surface area contributed by atoms with Gasteiger partial charge in [-0.05, 0) is 24.1 Å². The van der Waals surface area contributed by atoms with Gasteiger partial charge >= 0.3 is 0 Å². The van der Waals surface area contributed by atoms with Gasteiger partial charge in [-0.2, -0.15) is 0 Å². The lowest BCUT2D eigenvalue weighted by Crippen LogP contribution is -2.23. The minimum absolute atomic E-state index is 0.121. The standard InChI is InChI=1S/C9H11N5O2S2/c1-6-4-11-3-2-7(6)5-12-18(15,16)9-14-13-8(10)17-9/h2-4,12H,5H2,1H3,(H2,10,13). The first-order valence-electron chi connectivity index (χ1n) is 4.97. The fourth-order valence-electron chi connectivity index (χ4n) is 1.26. The molecule has 7 nitrogen and oxygen atoms in total. The summed E-state index contributed by atoms with van der Waals surface area (Å²) in [6.07, 6.45) is 3.28. The molecule has 0 aliphatic rings. The molecule has 2 aromatic heterocycles. The Balaban J connectivity index is 2.13. The predicted octanol–water partition coefficient (Wildman–Crippen LogP) is 0.302. The van der Waals surface area contributed by atoms with E-state index in [2.05, 4.69) is 19.9 Å². The highest BCUT2D eigenvalue weighted by Crippen LogP contribution is 2.17. The molecule has 18 heavy (non-hydrogen) atoms. The highest BCUT2D eigenvalue weighted by Gasteiger charge is 2.19. The average molecular weight is 285 g/mol. The van der Waals surface area contributed by atoms with E-state index >= 15 is 0 Å². The fraction of sp³-hybridized carbons (Fsp3) is 0.222. The first kappa shape index (κ1) is 12.9. The van der Waals surface area contributed by atoms with Crippen molar-refractivity contribution in [2.24, 2.45) is 0 Å². The van der Waals surface area contributed by atoms with E-state index in [1.54, 1.807) is 18.5 Å². The number of nitrogen functional groups attached to an aromatic ring is 1. The monoisotopic (exact) mass is 285 g/mol. The van der Waals surface area contributed by atoms with Crippen LogP contribution < -0.4 is 10.5 Å². The Morgan fingerprint density at radius 2 is 2.22 bits per heavy atom. The summed E-state index contributed by atoms with van der Waals surface area (Å²) in [6, 6.07) is 1.76. The highest BCUT2D eigenvalue weighted by molar-refractivity contribution is 7.91. The third-order valence-corrected chi connectivity index (χ3v) is 4.76. The molecule has 0 aromatic carbocycles. The zero-order chi connectivity index (χ0) is 13.2. The number of aryl methyl sites for hydroxylation is 1. The number of nitrogens with one attached hydrogen (secondary N) is 1. The van der Waals surface area contributed by atoms with E-state index in [0.717, 1.165) is 22.5 Å². The first-order chi connectivity index (χ1) is 8.49. The zero-order valence-corrected chi connectivity index (χ0v) is 11.1. The number of anilines is 1. The van der Waals surface area contributed by atoms with Crippen LogP contribution in [0.15, 0.2) is 22.8 Å². The second-order valence-corrected chi connectivity index (χ2v) is 6.48. The van der Waals surface area contributed by atoms with Crippen molar-refractivity contribution in [3.8, 4) is 0 Å². The maximum absolute atomic E-state index is 11.9. The van der Waals surface area contributed by atoms with Gasteiger partial charge in [-0.3, -0.25) is 4.98 Å². The lowest BCUT2D eigenvalue weighted by Gasteiger charge is -2.05. The van der Waals surface area contributed by atoms with E-state index in [1.807, 2.05) is 6.92 Å². The largest absolute Gasteiger partial charge is 0.374 e. The molecule has 2 rings (SSSR count). The van der Waals surface area contributed by atoms with Gasteiger partial charge in [0.1, 0.15) is 0 Å². The van der Waals surface area contributed by atoms with Crippen molar-refractivity contribution in [2.75, 3.05) is 5.73 Å². The lowest BCUT2D eigenvalue weighted by atomic mass is 10.2. The molecular formula is C9H11N5O2S2. The van der Waals surface area contributed by atoms with Crippen LogP contribution in [0.1, 0.15) is 11.1 Å². The normalized spacial score (nSPS) is 11.6. The second kappa shape index (κ2) is 4.96. The quantitative estimate of drug-likeness (QED) is 0.836. The highest BCUT2D eigenvalue weighted by atomic mass is 32.2. The van der Waals surface area contributed by atoms with Gasteiger partial charge in [0.05, 0.1) is 0 Å². The fourth-order valence-corrected chi connectivity index (χ4v) is 3.10. The zero-order valence-electron chi connectivity index (χ0n) is 9.49. The molecule has 0 aliphatic heterocycles. The molecule has 9 heteroatoms. The average Bonchev–Trinajstić information content (AvgIpc) is 2.76. The Morgan fingerprint density at radius 1 is 1.44 bits per heavy atom. The summed E-state index contributed by atoms with van der Waals surface area (Å²) in [7, 11) is -3.66. The van der Waals surface area contributed by atoms with Crippen LogP contribution in [0.4, 0.5) is 5.13 Å². The van der Waals surface area contributed by atoms with Crippen LogP contribution in [-0.4, -0.2) is 23.6 Å². The number of nitrogens with zero attached hydrogens (tertiary/aromatic N) is 3. The Morgan fingerprint density at radius 3 is 2.83 bits per heavy atom. The predicted molar refractivity (Wildman–Crippen MR) is 67.3 cm³/mol. The summed E-state index contributed by atoms with van der Waals surface area (Å²) in [4.78, 5) is 3.94. The topological polar surface area (TPSA) is 111 Å². The summed E-state index contributed by atoms with van der Waals surface area (Å²) in [6.45, 7) is 2.04. The van der Waals surface area contributed by atoms with Crippen LogP contribution in [0.5, 0.6) is 0 Å². The molecule has 2 heterocycles. The molecule has 0 atom stereocenters. The van der Waals surface area contributed by atoms with Gasteiger partial charge < -0.3 is 5.73 Å². The maximum atomic E-state index is 11.9. The van der Waals surface area contributed by atoms with Crippen LogP contribution in [0, 0.1) is 6.92 Å². The van der Waals surface area contributed by atoms with Crippen molar-refractivity contribution < 1.29 is 8.42 Å². The van der Waals surface area contributed by atoms with Gasteiger partial charge in [-0.15, -0.1) is 10.2 Å². The summed E-state index contributed by atoms with van der Waals surface area (Å²) in [5, 5.41) is 7.10. The summed E-state index contributed by atoms with van der Waals surface area (Å²) < 4.78 is 26.0. The number of hydrogen-bond acceptors (Lipinski definition) is 7. The van der Waals surface area contributed by atoms with Gasteiger partial charge in [0, 0.05) is 18.9 Å². The van der Waals surface area contributed by atoms with Crippen LogP contribution >= 0.6 is 11.3 Å². The molecule has 0 fully saturated rings. The van der Waals surface area contributed by atoms with Gasteiger partial charge in [0.15, 0.2) is 0 Å². The third-order valence-electron chi connectivity index (χ3n) is 2.24. The van der Waals surface area contributed by atoms with Crippen molar-refractivity contribution in [1.82, 2.24) is 19.9 Å². The smallest absolute Gasteiger partial charge is 0.270 e. The van der Waals surface area contributed by atoms with Crippen LogP contribution in [0.25, 0.3) is 0 Å². The molecule has 0 unspecified atom stereocenters. The molecule has 0 saturated carbocycles. The second-order valence-electron chi connectivity index (χ2n) is 3.53. The molecule has 3 N–H and O–H groups in total. The van der Waals surface area contributed by atoms with Gasteiger partial charge in [0.2, 0.25) is 9.47 Å². The number of aromatic nitrogens is 3. The van der Waals surface area contributed by atoms with E-state index in [0.29, 0.717) is 0 Å². The molecule has 0 spiro atoms. The molecule has 0 amide bonds. The summed E-state index contributed by atoms with van der Waals surface area (Å²) in [5.74, 6) is 0. The van der Waals surface area contributed by atoms with Gasteiger partial charge in [0.25, 0.3) is 10.0 Å². The SMILES string of the molecule is Cc1cnccc1CNS(=O)(=O)c1nnc(N)s1. The number of nitrogens with two attached hydrogens (primary N) is 1. The van der Waals surface area contributed by atoms with Crippen molar-refractivity contribution in [3.05, 3.63) is 29.6 Å². The van der Waals surface area contributed by atoms with E-state index < -0.39 is 10.0 Å². The van der Waals surface area contributed by atoms with E-state index in [1.165, 1.54) is 0 Å². The lowest BCUT2D eigenvalue weighted by molar-refractivity contribution is 0.579. The van der Waals surface area contributed by atoms with Gasteiger partial charge in [-0.25, -0.2) is 13.1 Å². The van der Waals surface area contributed by atoms with E-state index in [4.69, 9.17) is 5.73 Å². The molecule has 0 saturated heterocycles. The maximum Gasteiger partial charge on any atom is 0.270 e. The number of pyridine rings is 1. The summed E-state index contributed by atoms with van der Waals surface area (Å²) in [5.41, 5.74) is 7.12. The molecular weight excluding hydrogens is 274 g/mol. The Kier molecular flexibility index (Phi) is 3.55. The number of sulfonamides is 1. The van der Waals surface area contributed by atoms with Crippen LogP contribution in [0.2, 0.25) is 0 Å². The molecule has 2 aromatic rings. The number of hydrogen-bond donors (Lipinski definition) is 2. The minimum atomic E-state index is -3.66. The third kappa shape index (κ3) is 2.81. The summed E-state index contributed by atoms with van der Waals surface area (Å²) >= 11 is 0.827. The van der Waals surface area contributed by atoms with Gasteiger partial charge in [-0.1, -0.05) is 11.3 Å². The Labute approximate surface area is 108 Å². The molecule has 96 valence electrons. The first-order valence-corrected chi connectivity index (χ1v) is 7.27. The Bertz CT molecular complexity index is 652.